The van der Waals surface area contributed by atoms with Crippen molar-refractivity contribution in [2.75, 3.05) is 0 Å². The molecule has 3 nitrogen and oxygen atoms in total. The van der Waals surface area contributed by atoms with Crippen molar-refractivity contribution < 1.29 is 14.3 Å². The summed E-state index contributed by atoms with van der Waals surface area (Å²) < 4.78 is 5.44. The minimum absolute atomic E-state index is 0.250. The van der Waals surface area contributed by atoms with Gasteiger partial charge in [-0.25, -0.2) is 0 Å². The molecule has 0 aliphatic carbocycles. The van der Waals surface area contributed by atoms with Crippen LogP contribution in [0, 0.1) is 20.8 Å². The van der Waals surface area contributed by atoms with Gasteiger partial charge in [-0.3, -0.25) is 4.79 Å². The molecule has 0 radical (unpaired) electrons. The fourth-order valence-corrected chi connectivity index (χ4v) is 1.36. The second-order valence-corrected chi connectivity index (χ2v) is 2.78. The third-order valence-electron chi connectivity index (χ3n) is 2.07. The molecule has 0 aromatic carbocycles. The molecule has 1 heterocycles. The van der Waals surface area contributed by atoms with Crippen molar-refractivity contribution >= 4 is 6.47 Å². The Balaban J connectivity index is 0.000000424. The standard InChI is InChI=1S/C9H14O.CH2O2/c1-5-9-6(2)7(3)10-8(9)4;2-1-3/h5H2,1-4H3;1H,(H,2,3). The largest absolute Gasteiger partial charge is 0.483 e. The van der Waals surface area contributed by atoms with Crippen LogP contribution < -0.4 is 0 Å². The molecular weight excluding hydrogens is 168 g/mol. The number of rotatable bonds is 1. The molecule has 0 saturated carbocycles. The van der Waals surface area contributed by atoms with Crippen molar-refractivity contribution in [2.24, 2.45) is 0 Å². The fourth-order valence-electron chi connectivity index (χ4n) is 1.36. The highest BCUT2D eigenvalue weighted by atomic mass is 16.3. The predicted molar refractivity (Wildman–Crippen MR) is 51.0 cm³/mol. The van der Waals surface area contributed by atoms with E-state index in [-0.39, 0.29) is 6.47 Å². The van der Waals surface area contributed by atoms with Gasteiger partial charge in [-0.1, -0.05) is 6.92 Å². The summed E-state index contributed by atoms with van der Waals surface area (Å²) in [6.45, 7) is 8.06. The van der Waals surface area contributed by atoms with E-state index in [0.717, 1.165) is 17.9 Å². The van der Waals surface area contributed by atoms with Crippen LogP contribution in [0.2, 0.25) is 0 Å². The van der Waals surface area contributed by atoms with Crippen LogP contribution in [-0.2, 0) is 11.2 Å². The molecule has 0 aliphatic heterocycles. The average molecular weight is 184 g/mol. The lowest BCUT2D eigenvalue weighted by Crippen LogP contribution is -1.82. The number of furan rings is 1. The van der Waals surface area contributed by atoms with E-state index in [9.17, 15) is 0 Å². The number of aryl methyl sites for hydroxylation is 2. The first-order valence-electron chi connectivity index (χ1n) is 4.21. The molecule has 0 aliphatic rings. The van der Waals surface area contributed by atoms with E-state index in [1.807, 2.05) is 13.8 Å². The van der Waals surface area contributed by atoms with Crippen LogP contribution in [-0.4, -0.2) is 11.6 Å². The number of carbonyl (C=O) groups is 1. The van der Waals surface area contributed by atoms with Gasteiger partial charge in [-0.2, -0.15) is 0 Å². The Bertz CT molecular complexity index is 274. The second-order valence-electron chi connectivity index (χ2n) is 2.78. The summed E-state index contributed by atoms with van der Waals surface area (Å²) in [6.07, 6.45) is 1.08. The van der Waals surface area contributed by atoms with Crippen LogP contribution in [0.4, 0.5) is 0 Å². The lowest BCUT2D eigenvalue weighted by atomic mass is 10.1. The van der Waals surface area contributed by atoms with E-state index >= 15 is 0 Å². The molecule has 0 atom stereocenters. The second kappa shape index (κ2) is 5.41. The van der Waals surface area contributed by atoms with E-state index in [1.165, 1.54) is 11.1 Å². The highest BCUT2D eigenvalue weighted by Crippen LogP contribution is 2.20. The first kappa shape index (κ1) is 11.8. The lowest BCUT2D eigenvalue weighted by Gasteiger charge is -1.91. The molecule has 1 rings (SSSR count). The zero-order valence-corrected chi connectivity index (χ0v) is 8.55. The quantitative estimate of drug-likeness (QED) is 0.682. The molecule has 3 heteroatoms. The third-order valence-corrected chi connectivity index (χ3v) is 2.07. The van der Waals surface area contributed by atoms with Crippen LogP contribution in [0.15, 0.2) is 4.42 Å². The van der Waals surface area contributed by atoms with E-state index in [2.05, 4.69) is 13.8 Å². The van der Waals surface area contributed by atoms with Crippen LogP contribution in [0.1, 0.15) is 29.6 Å². The van der Waals surface area contributed by atoms with Crippen molar-refractivity contribution in [1.82, 2.24) is 0 Å². The molecule has 1 aromatic rings. The molecule has 1 aromatic heterocycles. The van der Waals surface area contributed by atoms with Crippen LogP contribution in [0.3, 0.4) is 0 Å². The van der Waals surface area contributed by atoms with Gasteiger partial charge in [-0.05, 0) is 38.3 Å². The number of carboxylic acid groups (broad SMARTS) is 1. The summed E-state index contributed by atoms with van der Waals surface area (Å²) in [4.78, 5) is 8.36. The molecule has 0 saturated heterocycles. The topological polar surface area (TPSA) is 50.4 Å². The zero-order valence-electron chi connectivity index (χ0n) is 8.55. The Hall–Kier alpha value is -1.25. The van der Waals surface area contributed by atoms with Crippen molar-refractivity contribution in [1.29, 1.82) is 0 Å². The monoisotopic (exact) mass is 184 g/mol. The summed E-state index contributed by atoms with van der Waals surface area (Å²) in [5.41, 5.74) is 2.69. The number of hydrogen-bond donors (Lipinski definition) is 1. The Morgan fingerprint density at radius 1 is 1.31 bits per heavy atom. The average Bonchev–Trinajstić information content (AvgIpc) is 2.28. The van der Waals surface area contributed by atoms with Gasteiger partial charge in [0.25, 0.3) is 6.47 Å². The van der Waals surface area contributed by atoms with E-state index in [0.29, 0.717) is 0 Å². The van der Waals surface area contributed by atoms with Crippen molar-refractivity contribution in [3.63, 3.8) is 0 Å². The molecule has 74 valence electrons. The van der Waals surface area contributed by atoms with Crippen molar-refractivity contribution in [3.05, 3.63) is 22.6 Å². The zero-order chi connectivity index (χ0) is 10.4. The molecule has 0 spiro atoms. The van der Waals surface area contributed by atoms with Crippen molar-refractivity contribution in [2.45, 2.75) is 34.1 Å². The Labute approximate surface area is 78.4 Å². The Morgan fingerprint density at radius 2 is 1.77 bits per heavy atom. The SMILES string of the molecule is CCc1c(C)oc(C)c1C.O=CO. The molecule has 0 unspecified atom stereocenters. The van der Waals surface area contributed by atoms with Crippen LogP contribution >= 0.6 is 0 Å². The predicted octanol–water partition coefficient (Wildman–Crippen LogP) is 2.47. The minimum Gasteiger partial charge on any atom is -0.483 e. The maximum atomic E-state index is 8.36. The molecule has 1 N–H and O–H groups in total. The fraction of sp³-hybridized carbons (Fsp3) is 0.500. The van der Waals surface area contributed by atoms with Gasteiger partial charge in [0.15, 0.2) is 0 Å². The van der Waals surface area contributed by atoms with Gasteiger partial charge in [0.05, 0.1) is 0 Å². The molecule has 13 heavy (non-hydrogen) atoms. The molecular formula is C10H16O3. The van der Waals surface area contributed by atoms with Gasteiger partial charge in [-0.15, -0.1) is 0 Å². The molecule has 0 fully saturated rings. The normalized spacial score (nSPS) is 8.92. The Morgan fingerprint density at radius 3 is 1.92 bits per heavy atom. The summed E-state index contributed by atoms with van der Waals surface area (Å²) in [5.74, 6) is 2.15. The summed E-state index contributed by atoms with van der Waals surface area (Å²) in [7, 11) is 0. The van der Waals surface area contributed by atoms with Crippen LogP contribution in [0.5, 0.6) is 0 Å². The Kier molecular flexibility index (Phi) is 4.89. The molecule has 0 bridgehead atoms. The van der Waals surface area contributed by atoms with Gasteiger partial charge < -0.3 is 9.52 Å². The van der Waals surface area contributed by atoms with Gasteiger partial charge >= 0.3 is 0 Å². The first-order chi connectivity index (χ1) is 6.08. The van der Waals surface area contributed by atoms with E-state index in [1.54, 1.807) is 0 Å². The maximum Gasteiger partial charge on any atom is 0.290 e. The van der Waals surface area contributed by atoms with Gasteiger partial charge in [0.2, 0.25) is 0 Å². The lowest BCUT2D eigenvalue weighted by molar-refractivity contribution is -0.122. The summed E-state index contributed by atoms with van der Waals surface area (Å²) in [5, 5.41) is 6.89. The summed E-state index contributed by atoms with van der Waals surface area (Å²) >= 11 is 0. The minimum atomic E-state index is -0.250. The van der Waals surface area contributed by atoms with Crippen molar-refractivity contribution in [3.8, 4) is 0 Å². The van der Waals surface area contributed by atoms with Gasteiger partial charge in [0, 0.05) is 0 Å². The van der Waals surface area contributed by atoms with Gasteiger partial charge in [0.1, 0.15) is 11.5 Å². The maximum absolute atomic E-state index is 8.36. The highest BCUT2D eigenvalue weighted by molar-refractivity contribution is 5.32. The number of hydrogen-bond acceptors (Lipinski definition) is 2. The van der Waals surface area contributed by atoms with E-state index < -0.39 is 0 Å². The molecule has 0 amide bonds. The van der Waals surface area contributed by atoms with E-state index in [4.69, 9.17) is 14.3 Å². The smallest absolute Gasteiger partial charge is 0.290 e. The highest BCUT2D eigenvalue weighted by Gasteiger charge is 2.07. The van der Waals surface area contributed by atoms with Crippen LogP contribution in [0.25, 0.3) is 0 Å². The third kappa shape index (κ3) is 2.93. The first-order valence-corrected chi connectivity index (χ1v) is 4.21. The summed E-state index contributed by atoms with van der Waals surface area (Å²) in [6, 6.07) is 0.